The molecule has 6 nitrogen and oxygen atoms in total. The van der Waals surface area contributed by atoms with Gasteiger partial charge >= 0.3 is 0 Å². The van der Waals surface area contributed by atoms with Gasteiger partial charge in [0.15, 0.2) is 0 Å². The first-order chi connectivity index (χ1) is 17.0. The standard InChI is InChI=1S/C30H39NO5/c1-8-16-31-26(20-10-13-22(14-11-20)36-18-19(3)4)25(28(33)29(31)34)27(32)21-12-15-24(35-9-2)23(17-21)30(5,6)7/h10-15,17,19,26,32H,8-9,16,18H2,1-7H3/b27-25-. The van der Waals surface area contributed by atoms with Crippen LogP contribution in [0, 0.1) is 5.92 Å². The molecule has 1 heterocycles. The predicted molar refractivity (Wildman–Crippen MR) is 142 cm³/mol. The summed E-state index contributed by atoms with van der Waals surface area (Å²) in [7, 11) is 0. The van der Waals surface area contributed by atoms with E-state index < -0.39 is 17.7 Å². The van der Waals surface area contributed by atoms with E-state index in [0.717, 1.165) is 22.6 Å². The molecule has 1 amide bonds. The fourth-order valence-electron chi connectivity index (χ4n) is 4.41. The van der Waals surface area contributed by atoms with Gasteiger partial charge in [-0.05, 0) is 60.6 Å². The summed E-state index contributed by atoms with van der Waals surface area (Å²) < 4.78 is 11.6. The average molecular weight is 494 g/mol. The van der Waals surface area contributed by atoms with Crippen LogP contribution in [0.15, 0.2) is 48.0 Å². The van der Waals surface area contributed by atoms with Crippen molar-refractivity contribution in [3.63, 3.8) is 0 Å². The molecule has 2 aromatic rings. The van der Waals surface area contributed by atoms with E-state index in [1.54, 1.807) is 11.0 Å². The fourth-order valence-corrected chi connectivity index (χ4v) is 4.41. The minimum absolute atomic E-state index is 0.105. The lowest BCUT2D eigenvalue weighted by Crippen LogP contribution is -2.30. The van der Waals surface area contributed by atoms with Crippen LogP contribution in [-0.2, 0) is 15.0 Å². The van der Waals surface area contributed by atoms with Gasteiger partial charge in [0, 0.05) is 17.7 Å². The molecule has 0 radical (unpaired) electrons. The number of nitrogens with zero attached hydrogens (tertiary/aromatic N) is 1. The first-order valence-corrected chi connectivity index (χ1v) is 12.8. The number of aliphatic hydroxyl groups is 1. The van der Waals surface area contributed by atoms with Gasteiger partial charge in [0.25, 0.3) is 11.7 Å². The monoisotopic (exact) mass is 493 g/mol. The van der Waals surface area contributed by atoms with Crippen molar-refractivity contribution in [3.8, 4) is 11.5 Å². The third-order valence-corrected chi connectivity index (χ3v) is 6.14. The summed E-state index contributed by atoms with van der Waals surface area (Å²) in [6.07, 6.45) is 0.691. The van der Waals surface area contributed by atoms with Crippen LogP contribution in [0.5, 0.6) is 11.5 Å². The number of benzene rings is 2. The number of rotatable bonds is 9. The van der Waals surface area contributed by atoms with Gasteiger partial charge < -0.3 is 19.5 Å². The Hall–Kier alpha value is -3.28. The molecule has 6 heteroatoms. The maximum Gasteiger partial charge on any atom is 0.295 e. The number of hydrogen-bond donors (Lipinski definition) is 1. The Bertz CT molecular complexity index is 1130. The van der Waals surface area contributed by atoms with Crippen molar-refractivity contribution < 1.29 is 24.2 Å². The van der Waals surface area contributed by atoms with E-state index in [9.17, 15) is 14.7 Å². The smallest absolute Gasteiger partial charge is 0.295 e. The molecule has 3 rings (SSSR count). The third-order valence-electron chi connectivity index (χ3n) is 6.14. The second-order valence-corrected chi connectivity index (χ2v) is 10.7. The summed E-state index contributed by atoms with van der Waals surface area (Å²) in [6, 6.07) is 12.2. The van der Waals surface area contributed by atoms with Crippen molar-refractivity contribution in [1.29, 1.82) is 0 Å². The van der Waals surface area contributed by atoms with Gasteiger partial charge in [-0.3, -0.25) is 9.59 Å². The number of amides is 1. The highest BCUT2D eigenvalue weighted by Crippen LogP contribution is 2.41. The van der Waals surface area contributed by atoms with Gasteiger partial charge in [-0.2, -0.15) is 0 Å². The highest BCUT2D eigenvalue weighted by Gasteiger charge is 2.45. The molecule has 1 fully saturated rings. The van der Waals surface area contributed by atoms with Crippen LogP contribution >= 0.6 is 0 Å². The zero-order valence-corrected chi connectivity index (χ0v) is 22.6. The number of likely N-dealkylation sites (tertiary alicyclic amines) is 1. The van der Waals surface area contributed by atoms with Crippen molar-refractivity contribution in [2.75, 3.05) is 19.8 Å². The third kappa shape index (κ3) is 5.75. The van der Waals surface area contributed by atoms with Crippen molar-refractivity contribution in [3.05, 3.63) is 64.7 Å². The molecule has 1 unspecified atom stereocenters. The Morgan fingerprint density at radius 3 is 2.25 bits per heavy atom. The van der Waals surface area contributed by atoms with Crippen LogP contribution in [-0.4, -0.2) is 41.5 Å². The van der Waals surface area contributed by atoms with E-state index in [4.69, 9.17) is 9.47 Å². The zero-order valence-electron chi connectivity index (χ0n) is 22.6. The van der Waals surface area contributed by atoms with Gasteiger partial charge in [0.05, 0.1) is 24.8 Å². The predicted octanol–water partition coefficient (Wildman–Crippen LogP) is 6.25. The van der Waals surface area contributed by atoms with Gasteiger partial charge in [0.2, 0.25) is 0 Å². The topological polar surface area (TPSA) is 76.1 Å². The minimum Gasteiger partial charge on any atom is -0.507 e. The molecule has 0 aromatic heterocycles. The van der Waals surface area contributed by atoms with E-state index in [0.29, 0.717) is 37.7 Å². The first kappa shape index (κ1) is 27.3. The van der Waals surface area contributed by atoms with Gasteiger partial charge in [-0.25, -0.2) is 0 Å². The number of hydrogen-bond acceptors (Lipinski definition) is 5. The van der Waals surface area contributed by atoms with E-state index >= 15 is 0 Å². The summed E-state index contributed by atoms with van der Waals surface area (Å²) >= 11 is 0. The summed E-state index contributed by atoms with van der Waals surface area (Å²) in [5.41, 5.74) is 2.01. The molecule has 0 bridgehead atoms. The van der Waals surface area contributed by atoms with E-state index in [-0.39, 0.29) is 16.7 Å². The summed E-state index contributed by atoms with van der Waals surface area (Å²) in [5, 5.41) is 11.5. The minimum atomic E-state index is -0.672. The zero-order chi connectivity index (χ0) is 26.6. The lowest BCUT2D eigenvalue weighted by molar-refractivity contribution is -0.139. The highest BCUT2D eigenvalue weighted by atomic mass is 16.5. The number of aliphatic hydroxyl groups excluding tert-OH is 1. The second-order valence-electron chi connectivity index (χ2n) is 10.7. The van der Waals surface area contributed by atoms with Crippen LogP contribution in [0.3, 0.4) is 0 Å². The van der Waals surface area contributed by atoms with Crippen molar-refractivity contribution in [2.24, 2.45) is 5.92 Å². The van der Waals surface area contributed by atoms with Gasteiger partial charge in [-0.1, -0.05) is 53.7 Å². The van der Waals surface area contributed by atoms with Crippen LogP contribution in [0.2, 0.25) is 0 Å². The number of ketones is 1. The summed E-state index contributed by atoms with van der Waals surface area (Å²) in [5.74, 6) is 0.421. The molecule has 2 aromatic carbocycles. The van der Waals surface area contributed by atoms with Crippen molar-refractivity contribution in [1.82, 2.24) is 4.90 Å². The second kappa shape index (κ2) is 11.2. The molecule has 0 aliphatic carbocycles. The molecule has 194 valence electrons. The summed E-state index contributed by atoms with van der Waals surface area (Å²) in [6.45, 7) is 15.8. The lowest BCUT2D eigenvalue weighted by atomic mass is 9.84. The molecule has 1 aliphatic heterocycles. The quantitative estimate of drug-likeness (QED) is 0.254. The van der Waals surface area contributed by atoms with E-state index in [1.165, 1.54) is 0 Å². The molecule has 1 saturated heterocycles. The SMILES string of the molecule is CCCN1C(=O)C(=O)/C(=C(\O)c2ccc(OCC)c(C(C)(C)C)c2)C1c1ccc(OCC(C)C)cc1. The van der Waals surface area contributed by atoms with Crippen LogP contribution in [0.25, 0.3) is 5.76 Å². The van der Waals surface area contributed by atoms with Crippen LogP contribution < -0.4 is 9.47 Å². The number of carbonyl (C=O) groups is 2. The normalized spacial score (nSPS) is 17.7. The van der Waals surface area contributed by atoms with E-state index in [1.807, 2.05) is 50.2 Å². The first-order valence-electron chi connectivity index (χ1n) is 12.8. The molecule has 0 spiro atoms. The van der Waals surface area contributed by atoms with Crippen molar-refractivity contribution >= 4 is 17.4 Å². The average Bonchev–Trinajstić information content (AvgIpc) is 3.07. The molecule has 1 atom stereocenters. The molecular weight excluding hydrogens is 454 g/mol. The van der Waals surface area contributed by atoms with Gasteiger partial charge in [-0.15, -0.1) is 0 Å². The molecule has 1 aliphatic rings. The Labute approximate surface area is 214 Å². The van der Waals surface area contributed by atoms with Crippen molar-refractivity contribution in [2.45, 2.75) is 66.3 Å². The Kier molecular flexibility index (Phi) is 8.49. The molecular formula is C30H39NO5. The maximum atomic E-state index is 13.2. The largest absolute Gasteiger partial charge is 0.507 e. The number of ether oxygens (including phenoxy) is 2. The number of Topliss-reactive ketones (excluding diaryl/α,β-unsaturated/α-hetero) is 1. The maximum absolute atomic E-state index is 13.2. The van der Waals surface area contributed by atoms with Crippen LogP contribution in [0.4, 0.5) is 0 Å². The lowest BCUT2D eigenvalue weighted by Gasteiger charge is -2.26. The molecule has 36 heavy (non-hydrogen) atoms. The fraction of sp³-hybridized carbons (Fsp3) is 0.467. The van der Waals surface area contributed by atoms with E-state index in [2.05, 4.69) is 34.6 Å². The molecule has 1 N–H and O–H groups in total. The summed E-state index contributed by atoms with van der Waals surface area (Å²) in [4.78, 5) is 27.8. The Morgan fingerprint density at radius 1 is 1.03 bits per heavy atom. The highest BCUT2D eigenvalue weighted by molar-refractivity contribution is 6.46. The Balaban J connectivity index is 2.12. The number of carbonyl (C=O) groups excluding carboxylic acids is 2. The Morgan fingerprint density at radius 2 is 1.69 bits per heavy atom. The van der Waals surface area contributed by atoms with Gasteiger partial charge in [0.1, 0.15) is 17.3 Å². The molecule has 0 saturated carbocycles. The van der Waals surface area contributed by atoms with Crippen LogP contribution in [0.1, 0.15) is 77.6 Å².